The number of rotatable bonds is 4. The number of carbonyl (C=O) groups excluding carboxylic acids is 1. The van der Waals surface area contributed by atoms with E-state index in [1.807, 2.05) is 23.1 Å². The van der Waals surface area contributed by atoms with Crippen LogP contribution in [0.25, 0.3) is 0 Å². The minimum Gasteiger partial charge on any atom is -0.378 e. The number of benzene rings is 1. The standard InChI is InChI=1S/C21H26N4O2/c26-21(19-6-7-22-20(16-19)24-12-14-27-15-13-24)25-10-8-23(9-11-25)17-18-4-2-1-3-5-18/h1-7,16H,8-15,17H2. The van der Waals surface area contributed by atoms with Gasteiger partial charge in [0, 0.05) is 57.6 Å². The summed E-state index contributed by atoms with van der Waals surface area (Å²) in [7, 11) is 0. The average molecular weight is 366 g/mol. The highest BCUT2D eigenvalue weighted by molar-refractivity contribution is 5.95. The molecule has 0 bridgehead atoms. The number of aromatic nitrogens is 1. The molecule has 0 N–H and O–H groups in total. The number of carbonyl (C=O) groups is 1. The molecule has 3 heterocycles. The van der Waals surface area contributed by atoms with Crippen LogP contribution in [0.3, 0.4) is 0 Å². The maximum Gasteiger partial charge on any atom is 0.254 e. The van der Waals surface area contributed by atoms with Gasteiger partial charge in [0.25, 0.3) is 5.91 Å². The van der Waals surface area contributed by atoms with Gasteiger partial charge in [-0.2, -0.15) is 0 Å². The van der Waals surface area contributed by atoms with Gasteiger partial charge in [-0.1, -0.05) is 30.3 Å². The number of piperazine rings is 1. The molecule has 0 unspecified atom stereocenters. The minimum absolute atomic E-state index is 0.103. The lowest BCUT2D eigenvalue weighted by atomic mass is 10.1. The Morgan fingerprint density at radius 1 is 0.963 bits per heavy atom. The van der Waals surface area contributed by atoms with Gasteiger partial charge >= 0.3 is 0 Å². The van der Waals surface area contributed by atoms with Crippen LogP contribution in [0.2, 0.25) is 0 Å². The van der Waals surface area contributed by atoms with Crippen molar-refractivity contribution >= 4 is 11.7 Å². The molecule has 142 valence electrons. The predicted octanol–water partition coefficient (Wildman–Crippen LogP) is 1.88. The van der Waals surface area contributed by atoms with Crippen LogP contribution in [-0.4, -0.2) is 73.2 Å². The van der Waals surface area contributed by atoms with Gasteiger partial charge < -0.3 is 14.5 Å². The summed E-state index contributed by atoms with van der Waals surface area (Å²) >= 11 is 0. The van der Waals surface area contributed by atoms with E-state index in [4.69, 9.17) is 4.74 Å². The van der Waals surface area contributed by atoms with E-state index in [1.54, 1.807) is 6.20 Å². The highest BCUT2D eigenvalue weighted by Gasteiger charge is 2.23. The van der Waals surface area contributed by atoms with Crippen molar-refractivity contribution in [2.45, 2.75) is 6.54 Å². The van der Waals surface area contributed by atoms with Crippen molar-refractivity contribution in [1.82, 2.24) is 14.8 Å². The number of anilines is 1. The van der Waals surface area contributed by atoms with Gasteiger partial charge in [0.05, 0.1) is 13.2 Å². The summed E-state index contributed by atoms with van der Waals surface area (Å²) in [5.74, 6) is 0.970. The minimum atomic E-state index is 0.103. The fourth-order valence-electron chi connectivity index (χ4n) is 3.65. The molecule has 0 atom stereocenters. The SMILES string of the molecule is O=C(c1ccnc(N2CCOCC2)c1)N1CCN(Cc2ccccc2)CC1. The topological polar surface area (TPSA) is 48.9 Å². The Kier molecular flexibility index (Phi) is 5.65. The molecule has 1 amide bonds. The maximum atomic E-state index is 12.9. The van der Waals surface area contributed by atoms with Crippen molar-refractivity contribution < 1.29 is 9.53 Å². The van der Waals surface area contributed by atoms with E-state index in [0.29, 0.717) is 13.2 Å². The van der Waals surface area contributed by atoms with Crippen LogP contribution in [0.5, 0.6) is 0 Å². The molecule has 2 aliphatic heterocycles. The molecule has 0 spiro atoms. The number of morpholine rings is 1. The molecular weight excluding hydrogens is 340 g/mol. The molecule has 1 aromatic heterocycles. The smallest absolute Gasteiger partial charge is 0.254 e. The van der Waals surface area contributed by atoms with Gasteiger partial charge in [-0.05, 0) is 17.7 Å². The van der Waals surface area contributed by atoms with E-state index in [0.717, 1.165) is 57.2 Å². The molecule has 2 fully saturated rings. The van der Waals surface area contributed by atoms with Gasteiger partial charge in [0.15, 0.2) is 0 Å². The van der Waals surface area contributed by atoms with Crippen LogP contribution < -0.4 is 4.90 Å². The summed E-state index contributed by atoms with van der Waals surface area (Å²) in [5.41, 5.74) is 2.05. The van der Waals surface area contributed by atoms with Crippen molar-refractivity contribution in [2.75, 3.05) is 57.4 Å². The average Bonchev–Trinajstić information content (AvgIpc) is 2.75. The second kappa shape index (κ2) is 8.50. The first-order valence-electron chi connectivity index (χ1n) is 9.64. The van der Waals surface area contributed by atoms with E-state index < -0.39 is 0 Å². The third-order valence-corrected chi connectivity index (χ3v) is 5.24. The summed E-state index contributed by atoms with van der Waals surface area (Å²) in [6.45, 7) is 7.35. The van der Waals surface area contributed by atoms with Crippen LogP contribution in [-0.2, 0) is 11.3 Å². The van der Waals surface area contributed by atoms with E-state index >= 15 is 0 Å². The number of amides is 1. The summed E-state index contributed by atoms with van der Waals surface area (Å²) in [5, 5.41) is 0. The fourth-order valence-corrected chi connectivity index (χ4v) is 3.65. The zero-order valence-electron chi connectivity index (χ0n) is 15.6. The number of hydrogen-bond donors (Lipinski definition) is 0. The van der Waals surface area contributed by atoms with Crippen molar-refractivity contribution in [3.8, 4) is 0 Å². The Morgan fingerprint density at radius 2 is 1.70 bits per heavy atom. The van der Waals surface area contributed by atoms with Gasteiger partial charge in [-0.15, -0.1) is 0 Å². The van der Waals surface area contributed by atoms with Crippen LogP contribution in [0.15, 0.2) is 48.7 Å². The summed E-state index contributed by atoms with van der Waals surface area (Å²) in [4.78, 5) is 23.9. The molecule has 6 nitrogen and oxygen atoms in total. The maximum absolute atomic E-state index is 12.9. The monoisotopic (exact) mass is 366 g/mol. The second-order valence-electron chi connectivity index (χ2n) is 7.06. The summed E-state index contributed by atoms with van der Waals surface area (Å²) in [6.07, 6.45) is 1.74. The Hall–Kier alpha value is -2.44. The number of ether oxygens (including phenoxy) is 1. The third kappa shape index (κ3) is 4.46. The van der Waals surface area contributed by atoms with Crippen LogP contribution in [0, 0.1) is 0 Å². The first-order valence-corrected chi connectivity index (χ1v) is 9.64. The van der Waals surface area contributed by atoms with Crippen LogP contribution in [0.4, 0.5) is 5.82 Å². The molecule has 0 aliphatic carbocycles. The lowest BCUT2D eigenvalue weighted by molar-refractivity contribution is 0.0628. The number of pyridine rings is 1. The lowest BCUT2D eigenvalue weighted by Gasteiger charge is -2.35. The molecular formula is C21H26N4O2. The van der Waals surface area contributed by atoms with Crippen molar-refractivity contribution in [3.63, 3.8) is 0 Å². The molecule has 2 aromatic rings. The van der Waals surface area contributed by atoms with Gasteiger partial charge in [-0.25, -0.2) is 4.98 Å². The largest absolute Gasteiger partial charge is 0.378 e. The quantitative estimate of drug-likeness (QED) is 0.827. The van der Waals surface area contributed by atoms with E-state index in [1.165, 1.54) is 5.56 Å². The Labute approximate surface area is 160 Å². The summed E-state index contributed by atoms with van der Waals surface area (Å²) in [6, 6.07) is 14.2. The third-order valence-electron chi connectivity index (χ3n) is 5.24. The lowest BCUT2D eigenvalue weighted by Crippen LogP contribution is -2.48. The van der Waals surface area contributed by atoms with Crippen LogP contribution >= 0.6 is 0 Å². The van der Waals surface area contributed by atoms with E-state index in [2.05, 4.69) is 39.0 Å². The van der Waals surface area contributed by atoms with Crippen molar-refractivity contribution in [1.29, 1.82) is 0 Å². The van der Waals surface area contributed by atoms with Crippen LogP contribution in [0.1, 0.15) is 15.9 Å². The Balaban J connectivity index is 1.35. The van der Waals surface area contributed by atoms with Gasteiger partial charge in [0.1, 0.15) is 5.82 Å². The summed E-state index contributed by atoms with van der Waals surface area (Å²) < 4.78 is 5.40. The molecule has 27 heavy (non-hydrogen) atoms. The molecule has 2 aliphatic rings. The molecule has 2 saturated heterocycles. The Bertz CT molecular complexity index is 754. The van der Waals surface area contributed by atoms with E-state index in [-0.39, 0.29) is 5.91 Å². The Morgan fingerprint density at radius 3 is 2.44 bits per heavy atom. The zero-order chi connectivity index (χ0) is 18.5. The first-order chi connectivity index (χ1) is 13.3. The normalized spacial score (nSPS) is 18.5. The van der Waals surface area contributed by atoms with Gasteiger partial charge in [0.2, 0.25) is 0 Å². The van der Waals surface area contributed by atoms with Gasteiger partial charge in [-0.3, -0.25) is 9.69 Å². The molecule has 6 heteroatoms. The number of nitrogens with zero attached hydrogens (tertiary/aromatic N) is 4. The first kappa shape index (κ1) is 17.9. The van der Waals surface area contributed by atoms with Crippen molar-refractivity contribution in [2.24, 2.45) is 0 Å². The number of hydrogen-bond acceptors (Lipinski definition) is 5. The molecule has 0 saturated carbocycles. The highest BCUT2D eigenvalue weighted by atomic mass is 16.5. The molecule has 4 rings (SSSR count). The zero-order valence-corrected chi connectivity index (χ0v) is 15.6. The van der Waals surface area contributed by atoms with E-state index in [9.17, 15) is 4.79 Å². The molecule has 0 radical (unpaired) electrons. The second-order valence-corrected chi connectivity index (χ2v) is 7.06. The van der Waals surface area contributed by atoms with Crippen molar-refractivity contribution in [3.05, 3.63) is 59.8 Å². The fraction of sp³-hybridized carbons (Fsp3) is 0.429. The predicted molar refractivity (Wildman–Crippen MR) is 105 cm³/mol. The highest BCUT2D eigenvalue weighted by Crippen LogP contribution is 2.17. The molecule has 1 aromatic carbocycles.